The van der Waals surface area contributed by atoms with Gasteiger partial charge in [0, 0.05) is 13.1 Å². The first-order valence-electron chi connectivity index (χ1n) is 4.65. The Morgan fingerprint density at radius 1 is 1.21 bits per heavy atom. The van der Waals surface area contributed by atoms with Crippen molar-refractivity contribution >= 4 is 0 Å². The molecule has 0 aliphatic carbocycles. The van der Waals surface area contributed by atoms with E-state index in [9.17, 15) is 0 Å². The van der Waals surface area contributed by atoms with Gasteiger partial charge in [-0.2, -0.15) is 12.6 Å². The van der Waals surface area contributed by atoms with Crippen molar-refractivity contribution in [2.75, 3.05) is 35.2 Å². The molecule has 3 nitrogen and oxygen atoms in total. The van der Waals surface area contributed by atoms with Crippen LogP contribution in [0.1, 0.15) is 6.42 Å². The van der Waals surface area contributed by atoms with Gasteiger partial charge in [0.2, 0.25) is 0 Å². The van der Waals surface area contributed by atoms with Crippen LogP contribution < -0.4 is 0 Å². The molecule has 2 atom stereocenters. The Hall–Kier alpha value is 0.148. The average Bonchev–Trinajstić information content (AvgIpc) is 2.02. The zero-order valence-electron chi connectivity index (χ0n) is 9.69. The number of hydrogen-bond acceptors (Lipinski definition) is 3. The Morgan fingerprint density at radius 2 is 1.79 bits per heavy atom. The Bertz CT molecular complexity index is 192. The maximum Gasteiger partial charge on any atom is 2.00 e. The van der Waals surface area contributed by atoms with E-state index in [0.717, 1.165) is 6.42 Å². The van der Waals surface area contributed by atoms with Gasteiger partial charge in [0.25, 0.3) is 0 Å². The number of hydrogen-bond donors (Lipinski definition) is 0. The molecule has 4 heteroatoms. The van der Waals surface area contributed by atoms with E-state index in [1.807, 2.05) is 6.20 Å². The van der Waals surface area contributed by atoms with Gasteiger partial charge in [-0.3, -0.25) is 4.90 Å². The van der Waals surface area contributed by atoms with Gasteiger partial charge in [-0.15, -0.1) is 0 Å². The zero-order valence-corrected chi connectivity index (χ0v) is 12.6. The Morgan fingerprint density at radius 3 is 2.14 bits per heavy atom. The zero-order chi connectivity index (χ0) is 10.0. The van der Waals surface area contributed by atoms with Gasteiger partial charge in [-0.1, -0.05) is 0 Å². The third kappa shape index (κ3) is 3.08. The Balaban J connectivity index is 0.00000169. The van der Waals surface area contributed by atoms with E-state index >= 15 is 0 Å². The van der Waals surface area contributed by atoms with E-state index in [1.165, 1.54) is 0 Å². The van der Waals surface area contributed by atoms with E-state index < -0.39 is 0 Å². The van der Waals surface area contributed by atoms with Crippen LogP contribution >= 0.6 is 0 Å². The minimum absolute atomic E-state index is 0. The summed E-state index contributed by atoms with van der Waals surface area (Å²) >= 11 is 0. The molecule has 1 aliphatic heterocycles. The van der Waals surface area contributed by atoms with Crippen molar-refractivity contribution in [3.63, 3.8) is 0 Å². The van der Waals surface area contributed by atoms with E-state index in [-0.39, 0.29) is 21.1 Å². The third-order valence-corrected chi connectivity index (χ3v) is 2.58. The molecule has 1 rings (SSSR count). The van der Waals surface area contributed by atoms with E-state index in [0.29, 0.717) is 12.2 Å². The maximum atomic E-state index is 3.28. The van der Waals surface area contributed by atoms with Gasteiger partial charge < -0.3 is 15.9 Å². The van der Waals surface area contributed by atoms with Gasteiger partial charge in [-0.25, -0.2) is 0 Å². The largest absolute Gasteiger partial charge is 2.00 e. The van der Waals surface area contributed by atoms with Crippen LogP contribution in [0.5, 0.6) is 0 Å². The predicted octanol–water partition coefficient (Wildman–Crippen LogP) is 0.454. The van der Waals surface area contributed by atoms with Crippen molar-refractivity contribution in [1.29, 1.82) is 0 Å². The van der Waals surface area contributed by atoms with Crippen molar-refractivity contribution in [2.45, 2.75) is 18.6 Å². The summed E-state index contributed by atoms with van der Waals surface area (Å²) in [6, 6.07) is 0.532. The smallest absolute Gasteiger partial charge is 0.478 e. The van der Waals surface area contributed by atoms with Crippen LogP contribution in [0.25, 0.3) is 0 Å². The quantitative estimate of drug-likeness (QED) is 0.658. The summed E-state index contributed by atoms with van der Waals surface area (Å²) < 4.78 is 0. The molecule has 0 radical (unpaired) electrons. The van der Waals surface area contributed by atoms with Crippen LogP contribution in [0.3, 0.4) is 0 Å². The number of rotatable bonds is 2. The maximum absolute atomic E-state index is 3.28. The van der Waals surface area contributed by atoms with E-state index in [1.54, 1.807) is 0 Å². The molecule has 0 aromatic heterocycles. The molecule has 2 unspecified atom stereocenters. The molecular formula is C10H20N3W+. The molecule has 0 bridgehead atoms. The van der Waals surface area contributed by atoms with Crippen molar-refractivity contribution < 1.29 is 21.1 Å². The molecule has 0 fully saturated rings. The molecular weight excluding hydrogens is 346 g/mol. The molecule has 0 aromatic carbocycles. The molecule has 14 heavy (non-hydrogen) atoms. The first-order chi connectivity index (χ1) is 6.04. The predicted molar refractivity (Wildman–Crippen MR) is 55.1 cm³/mol. The Labute approximate surface area is 102 Å². The van der Waals surface area contributed by atoms with Crippen LogP contribution in [0.15, 0.2) is 6.20 Å². The van der Waals surface area contributed by atoms with Crippen LogP contribution in [0.2, 0.25) is 0 Å². The van der Waals surface area contributed by atoms with Gasteiger partial charge in [0.15, 0.2) is 0 Å². The van der Waals surface area contributed by atoms with Crippen molar-refractivity contribution in [3.8, 4) is 0 Å². The standard InChI is InChI=1S/C10H20N3.W/c1-11(2)9-7-6-8-13(5)10(9)12(3)4;/h8-10H,7H2,1-5H3;/q-1;+2. The second-order valence-electron chi connectivity index (χ2n) is 4.11. The summed E-state index contributed by atoms with van der Waals surface area (Å²) in [6.45, 7) is 0. The normalized spacial score (nSPS) is 26.9. The SMILES string of the molecule is CN(C)C1C[C-]=CN(C)C1N(C)C.[W+2]. The monoisotopic (exact) mass is 366 g/mol. The number of nitrogens with zero attached hydrogens (tertiary/aromatic N) is 3. The Kier molecular flexibility index (Phi) is 5.95. The minimum atomic E-state index is 0. The fraction of sp³-hybridized carbons (Fsp3) is 0.800. The van der Waals surface area contributed by atoms with Crippen LogP contribution in [0, 0.1) is 6.08 Å². The summed E-state index contributed by atoms with van der Waals surface area (Å²) in [5, 5.41) is 0. The molecule has 0 N–H and O–H groups in total. The van der Waals surface area contributed by atoms with E-state index in [4.69, 9.17) is 0 Å². The second-order valence-corrected chi connectivity index (χ2v) is 4.11. The fourth-order valence-electron chi connectivity index (χ4n) is 1.93. The fourth-order valence-corrected chi connectivity index (χ4v) is 1.93. The molecule has 0 amide bonds. The van der Waals surface area contributed by atoms with Crippen LogP contribution in [0.4, 0.5) is 0 Å². The summed E-state index contributed by atoms with van der Waals surface area (Å²) in [6.07, 6.45) is 6.80. The molecule has 1 heterocycles. The molecule has 0 spiro atoms. The number of likely N-dealkylation sites (N-methyl/N-ethyl adjacent to an activating group) is 3. The van der Waals surface area contributed by atoms with Crippen molar-refractivity contribution in [1.82, 2.24) is 14.7 Å². The summed E-state index contributed by atoms with van der Waals surface area (Å²) in [7, 11) is 10.6. The van der Waals surface area contributed by atoms with Crippen molar-refractivity contribution in [3.05, 3.63) is 12.3 Å². The van der Waals surface area contributed by atoms with Crippen molar-refractivity contribution in [2.24, 2.45) is 0 Å². The summed E-state index contributed by atoms with van der Waals surface area (Å²) in [5.74, 6) is 0. The van der Waals surface area contributed by atoms with Crippen LogP contribution in [-0.4, -0.2) is 62.1 Å². The summed E-state index contributed by atoms with van der Waals surface area (Å²) in [4.78, 5) is 6.73. The summed E-state index contributed by atoms with van der Waals surface area (Å²) in [5.41, 5.74) is 0. The molecule has 80 valence electrons. The third-order valence-electron chi connectivity index (χ3n) is 2.58. The van der Waals surface area contributed by atoms with Crippen LogP contribution in [-0.2, 0) is 21.1 Å². The average molecular weight is 366 g/mol. The first kappa shape index (κ1) is 14.1. The van der Waals surface area contributed by atoms with E-state index in [2.05, 4.69) is 56.0 Å². The second kappa shape index (κ2) is 5.89. The molecule has 1 aliphatic rings. The molecule has 0 aromatic rings. The first-order valence-corrected chi connectivity index (χ1v) is 4.65. The molecule has 0 saturated carbocycles. The van der Waals surface area contributed by atoms with Gasteiger partial charge in [0.05, 0.1) is 6.17 Å². The minimum Gasteiger partial charge on any atom is -0.478 e. The topological polar surface area (TPSA) is 9.72 Å². The van der Waals surface area contributed by atoms with Gasteiger partial charge in [-0.05, 0) is 28.2 Å². The van der Waals surface area contributed by atoms with Gasteiger partial charge in [0.1, 0.15) is 0 Å². The molecule has 0 saturated heterocycles. The van der Waals surface area contributed by atoms with Gasteiger partial charge >= 0.3 is 21.1 Å².